The molecule has 0 aromatic heterocycles. The SMILES string of the molecule is COC(=O)N1CCCC[C@H]1C(=O)O. The Balaban J connectivity index is 2.67. The van der Waals surface area contributed by atoms with Crippen LogP contribution in [0.3, 0.4) is 0 Å². The van der Waals surface area contributed by atoms with Gasteiger partial charge in [0.15, 0.2) is 0 Å². The monoisotopic (exact) mass is 187 g/mol. The van der Waals surface area contributed by atoms with Crippen LogP contribution in [0.5, 0.6) is 0 Å². The molecule has 1 atom stereocenters. The topological polar surface area (TPSA) is 66.8 Å². The number of nitrogens with zero attached hydrogens (tertiary/aromatic N) is 1. The largest absolute Gasteiger partial charge is 0.480 e. The van der Waals surface area contributed by atoms with Crippen LogP contribution < -0.4 is 0 Å². The highest BCUT2D eigenvalue weighted by Gasteiger charge is 2.32. The summed E-state index contributed by atoms with van der Waals surface area (Å²) in [7, 11) is 1.26. The van der Waals surface area contributed by atoms with Crippen LogP contribution in [0, 0.1) is 0 Å². The van der Waals surface area contributed by atoms with E-state index in [1.54, 1.807) is 0 Å². The number of carboxylic acid groups (broad SMARTS) is 1. The summed E-state index contributed by atoms with van der Waals surface area (Å²) in [5.74, 6) is -0.954. The molecule has 0 aliphatic carbocycles. The molecule has 1 rings (SSSR count). The van der Waals surface area contributed by atoms with E-state index >= 15 is 0 Å². The van der Waals surface area contributed by atoms with Gasteiger partial charge in [0, 0.05) is 6.54 Å². The highest BCUT2D eigenvalue weighted by atomic mass is 16.5. The van der Waals surface area contributed by atoms with Gasteiger partial charge >= 0.3 is 12.1 Å². The number of piperidine rings is 1. The summed E-state index contributed by atoms with van der Waals surface area (Å²) >= 11 is 0. The second-order valence-corrected chi connectivity index (χ2v) is 3.01. The first-order chi connectivity index (χ1) is 6.16. The molecule has 0 radical (unpaired) electrons. The zero-order chi connectivity index (χ0) is 9.84. The van der Waals surface area contributed by atoms with E-state index in [-0.39, 0.29) is 0 Å². The van der Waals surface area contributed by atoms with Crippen molar-refractivity contribution in [3.8, 4) is 0 Å². The maximum Gasteiger partial charge on any atom is 0.410 e. The van der Waals surface area contributed by atoms with Crippen LogP contribution in [0.15, 0.2) is 0 Å². The van der Waals surface area contributed by atoms with Gasteiger partial charge in [0.1, 0.15) is 6.04 Å². The fourth-order valence-electron chi connectivity index (χ4n) is 1.52. The van der Waals surface area contributed by atoms with Gasteiger partial charge in [-0.15, -0.1) is 0 Å². The second kappa shape index (κ2) is 4.11. The quantitative estimate of drug-likeness (QED) is 0.655. The molecule has 74 valence electrons. The Morgan fingerprint density at radius 2 is 2.15 bits per heavy atom. The fourth-order valence-corrected chi connectivity index (χ4v) is 1.52. The van der Waals surface area contributed by atoms with Crippen molar-refractivity contribution in [2.75, 3.05) is 13.7 Å². The van der Waals surface area contributed by atoms with Gasteiger partial charge < -0.3 is 9.84 Å². The van der Waals surface area contributed by atoms with Gasteiger partial charge in [-0.25, -0.2) is 9.59 Å². The van der Waals surface area contributed by atoms with Crippen molar-refractivity contribution in [3.05, 3.63) is 0 Å². The smallest absolute Gasteiger partial charge is 0.410 e. The molecule has 1 fully saturated rings. The molecule has 0 saturated carbocycles. The second-order valence-electron chi connectivity index (χ2n) is 3.01. The summed E-state index contributed by atoms with van der Waals surface area (Å²) in [6.07, 6.45) is 1.67. The molecular formula is C8H13NO4. The number of hydrogen-bond acceptors (Lipinski definition) is 3. The minimum Gasteiger partial charge on any atom is -0.480 e. The van der Waals surface area contributed by atoms with E-state index in [9.17, 15) is 9.59 Å². The standard InChI is InChI=1S/C8H13NO4/c1-13-8(12)9-5-3-2-4-6(9)7(10)11/h6H,2-5H2,1H3,(H,10,11)/t6-/m0/s1. The van der Waals surface area contributed by atoms with Crippen LogP contribution in [0.25, 0.3) is 0 Å². The van der Waals surface area contributed by atoms with E-state index in [0.717, 1.165) is 12.8 Å². The third-order valence-electron chi connectivity index (χ3n) is 2.20. The molecule has 5 heteroatoms. The van der Waals surface area contributed by atoms with Crippen molar-refractivity contribution < 1.29 is 19.4 Å². The Morgan fingerprint density at radius 3 is 2.69 bits per heavy atom. The molecule has 0 spiro atoms. The molecular weight excluding hydrogens is 174 g/mol. The highest BCUT2D eigenvalue weighted by Crippen LogP contribution is 2.17. The van der Waals surface area contributed by atoms with Crippen molar-refractivity contribution in [1.82, 2.24) is 4.90 Å². The lowest BCUT2D eigenvalue weighted by atomic mass is 10.0. The number of ether oxygens (including phenoxy) is 1. The zero-order valence-corrected chi connectivity index (χ0v) is 7.52. The van der Waals surface area contributed by atoms with Gasteiger partial charge in [0.05, 0.1) is 7.11 Å². The number of hydrogen-bond donors (Lipinski definition) is 1. The first kappa shape index (κ1) is 9.83. The third kappa shape index (κ3) is 2.11. The summed E-state index contributed by atoms with van der Waals surface area (Å²) in [6.45, 7) is 0.476. The number of carbonyl (C=O) groups is 2. The maximum atomic E-state index is 11.1. The molecule has 1 aliphatic heterocycles. The van der Waals surface area contributed by atoms with Crippen LogP contribution in [0.1, 0.15) is 19.3 Å². The molecule has 0 unspecified atom stereocenters. The molecule has 0 aromatic rings. The van der Waals surface area contributed by atoms with E-state index in [4.69, 9.17) is 5.11 Å². The fraction of sp³-hybridized carbons (Fsp3) is 0.750. The van der Waals surface area contributed by atoms with Crippen molar-refractivity contribution in [2.24, 2.45) is 0 Å². The average Bonchev–Trinajstić information content (AvgIpc) is 2.16. The van der Waals surface area contributed by atoms with Crippen LogP contribution in [-0.4, -0.2) is 41.8 Å². The van der Waals surface area contributed by atoms with Gasteiger partial charge in [-0.2, -0.15) is 0 Å². The van der Waals surface area contributed by atoms with Crippen LogP contribution in [-0.2, 0) is 9.53 Å². The van der Waals surface area contributed by atoms with Crippen molar-refractivity contribution in [3.63, 3.8) is 0 Å². The van der Waals surface area contributed by atoms with Crippen molar-refractivity contribution >= 4 is 12.1 Å². The first-order valence-electron chi connectivity index (χ1n) is 4.24. The minimum absolute atomic E-state index is 0.476. The molecule has 1 N–H and O–H groups in total. The summed E-state index contributed by atoms with van der Waals surface area (Å²) < 4.78 is 4.49. The number of carboxylic acids is 1. The summed E-state index contributed by atoms with van der Waals surface area (Å²) in [4.78, 5) is 23.1. The van der Waals surface area contributed by atoms with E-state index < -0.39 is 18.1 Å². The number of aliphatic carboxylic acids is 1. The molecule has 5 nitrogen and oxygen atoms in total. The predicted octanol–water partition coefficient (Wildman–Crippen LogP) is 0.692. The number of rotatable bonds is 1. The summed E-state index contributed by atoms with van der Waals surface area (Å²) in [5, 5.41) is 8.80. The van der Waals surface area contributed by atoms with Crippen molar-refractivity contribution in [2.45, 2.75) is 25.3 Å². The van der Waals surface area contributed by atoms with Gasteiger partial charge in [0.25, 0.3) is 0 Å². The molecule has 1 aliphatic rings. The summed E-state index contributed by atoms with van der Waals surface area (Å²) in [6, 6.07) is -0.707. The number of amides is 1. The number of likely N-dealkylation sites (tertiary alicyclic amines) is 1. The summed E-state index contributed by atoms with van der Waals surface area (Å²) in [5.41, 5.74) is 0. The molecule has 1 amide bonds. The van der Waals surface area contributed by atoms with Crippen LogP contribution in [0.2, 0.25) is 0 Å². The predicted molar refractivity (Wildman–Crippen MR) is 44.4 cm³/mol. The van der Waals surface area contributed by atoms with Crippen molar-refractivity contribution in [1.29, 1.82) is 0 Å². The van der Waals surface area contributed by atoms with E-state index in [1.807, 2.05) is 0 Å². The third-order valence-corrected chi connectivity index (χ3v) is 2.20. The normalized spacial score (nSPS) is 22.5. The van der Waals surface area contributed by atoms with Gasteiger partial charge in [-0.3, -0.25) is 4.90 Å². The Kier molecular flexibility index (Phi) is 3.11. The lowest BCUT2D eigenvalue weighted by Crippen LogP contribution is -2.47. The molecule has 0 aromatic carbocycles. The van der Waals surface area contributed by atoms with E-state index in [1.165, 1.54) is 12.0 Å². The highest BCUT2D eigenvalue weighted by molar-refractivity contribution is 5.80. The Morgan fingerprint density at radius 1 is 1.46 bits per heavy atom. The van der Waals surface area contributed by atoms with Gasteiger partial charge in [-0.05, 0) is 19.3 Å². The van der Waals surface area contributed by atoms with Crippen LogP contribution in [0.4, 0.5) is 4.79 Å². The van der Waals surface area contributed by atoms with E-state index in [0.29, 0.717) is 13.0 Å². The Bertz CT molecular complexity index is 216. The first-order valence-corrected chi connectivity index (χ1v) is 4.24. The Hall–Kier alpha value is -1.26. The Labute approximate surface area is 76.3 Å². The zero-order valence-electron chi connectivity index (χ0n) is 7.52. The number of carbonyl (C=O) groups excluding carboxylic acids is 1. The minimum atomic E-state index is -0.954. The average molecular weight is 187 g/mol. The molecule has 1 saturated heterocycles. The number of methoxy groups -OCH3 is 1. The van der Waals surface area contributed by atoms with Gasteiger partial charge in [-0.1, -0.05) is 0 Å². The molecule has 13 heavy (non-hydrogen) atoms. The maximum absolute atomic E-state index is 11.1. The van der Waals surface area contributed by atoms with Crippen LogP contribution >= 0.6 is 0 Å². The lowest BCUT2D eigenvalue weighted by molar-refractivity contribution is -0.143. The van der Waals surface area contributed by atoms with Gasteiger partial charge in [0.2, 0.25) is 0 Å². The molecule has 1 heterocycles. The molecule has 0 bridgehead atoms. The lowest BCUT2D eigenvalue weighted by Gasteiger charge is -2.31. The van der Waals surface area contributed by atoms with E-state index in [2.05, 4.69) is 4.74 Å².